The zero-order valence-corrected chi connectivity index (χ0v) is 20.5. The largest absolute Gasteiger partial charge is 0.256 e. The maximum Gasteiger partial charge on any atom is 0.164 e. The Bertz CT molecular complexity index is 1850. The molecule has 0 amide bonds. The van der Waals surface area contributed by atoms with Gasteiger partial charge in [0.15, 0.2) is 17.5 Å². The lowest BCUT2D eigenvalue weighted by molar-refractivity contribution is 1.08. The number of rotatable bonds is 4. The van der Waals surface area contributed by atoms with Crippen molar-refractivity contribution in [2.24, 2.45) is 0 Å². The second-order valence-corrected chi connectivity index (χ2v) is 9.13. The molecule has 7 aromatic rings. The van der Waals surface area contributed by atoms with Crippen molar-refractivity contribution in [2.75, 3.05) is 0 Å². The molecule has 38 heavy (non-hydrogen) atoms. The second kappa shape index (κ2) is 9.34. The van der Waals surface area contributed by atoms with Gasteiger partial charge in [-0.25, -0.2) is 15.0 Å². The lowest BCUT2D eigenvalue weighted by atomic mass is 9.93. The van der Waals surface area contributed by atoms with Crippen LogP contribution in [-0.4, -0.2) is 19.9 Å². The Morgan fingerprint density at radius 3 is 1.61 bits per heavy atom. The number of benzene rings is 5. The maximum atomic E-state index is 4.97. The van der Waals surface area contributed by atoms with Gasteiger partial charge < -0.3 is 0 Å². The van der Waals surface area contributed by atoms with Gasteiger partial charge in [0.2, 0.25) is 0 Å². The van der Waals surface area contributed by atoms with Gasteiger partial charge in [0, 0.05) is 33.8 Å². The summed E-state index contributed by atoms with van der Waals surface area (Å²) in [7, 11) is 0. The van der Waals surface area contributed by atoms with Crippen molar-refractivity contribution < 1.29 is 0 Å². The van der Waals surface area contributed by atoms with Crippen molar-refractivity contribution in [3.05, 3.63) is 134 Å². The van der Waals surface area contributed by atoms with Gasteiger partial charge in [0.05, 0.1) is 5.52 Å². The van der Waals surface area contributed by atoms with Crippen LogP contribution in [0.4, 0.5) is 0 Å². The first kappa shape index (κ1) is 22.0. The first-order valence-corrected chi connectivity index (χ1v) is 12.6. The molecular formula is C34H22N4. The topological polar surface area (TPSA) is 51.6 Å². The fourth-order valence-corrected chi connectivity index (χ4v) is 4.98. The van der Waals surface area contributed by atoms with E-state index >= 15 is 0 Å². The summed E-state index contributed by atoms with van der Waals surface area (Å²) < 4.78 is 0. The molecule has 2 heterocycles. The summed E-state index contributed by atoms with van der Waals surface area (Å²) >= 11 is 0. The molecular weight excluding hydrogens is 464 g/mol. The Kier molecular flexibility index (Phi) is 5.41. The summed E-state index contributed by atoms with van der Waals surface area (Å²) in [6.45, 7) is 0. The zero-order valence-electron chi connectivity index (χ0n) is 20.5. The first-order valence-electron chi connectivity index (χ1n) is 12.6. The molecule has 0 atom stereocenters. The van der Waals surface area contributed by atoms with E-state index in [0.29, 0.717) is 17.5 Å². The SMILES string of the molecule is c1ccc(-c2nc(-c3ccccc3)nc(-c3ccc(-c4cccc5cccnc45)c4ccccc34)n2)cc1. The van der Waals surface area contributed by atoms with Crippen molar-refractivity contribution in [3.8, 4) is 45.3 Å². The predicted octanol–water partition coefficient (Wildman–Crippen LogP) is 8.24. The van der Waals surface area contributed by atoms with E-state index in [4.69, 9.17) is 19.9 Å². The molecule has 0 fully saturated rings. The van der Waals surface area contributed by atoms with Gasteiger partial charge in [-0.3, -0.25) is 4.98 Å². The quantitative estimate of drug-likeness (QED) is 0.251. The minimum Gasteiger partial charge on any atom is -0.256 e. The van der Waals surface area contributed by atoms with Gasteiger partial charge in [0.25, 0.3) is 0 Å². The van der Waals surface area contributed by atoms with Gasteiger partial charge in [-0.1, -0.05) is 115 Å². The van der Waals surface area contributed by atoms with Crippen LogP contribution in [0.3, 0.4) is 0 Å². The smallest absolute Gasteiger partial charge is 0.164 e. The summed E-state index contributed by atoms with van der Waals surface area (Å²) in [5, 5.41) is 3.34. The van der Waals surface area contributed by atoms with Crippen LogP contribution in [-0.2, 0) is 0 Å². The van der Waals surface area contributed by atoms with E-state index in [1.165, 1.54) is 0 Å². The molecule has 0 aliphatic rings. The van der Waals surface area contributed by atoms with E-state index in [1.807, 2.05) is 72.9 Å². The van der Waals surface area contributed by atoms with Crippen LogP contribution in [0.1, 0.15) is 0 Å². The Labute approximate surface area is 220 Å². The summed E-state index contributed by atoms with van der Waals surface area (Å²) in [6.07, 6.45) is 1.85. The predicted molar refractivity (Wildman–Crippen MR) is 154 cm³/mol. The highest BCUT2D eigenvalue weighted by atomic mass is 15.0. The average Bonchev–Trinajstić information content (AvgIpc) is 3.01. The Hall–Kier alpha value is -5.22. The van der Waals surface area contributed by atoms with E-state index < -0.39 is 0 Å². The van der Waals surface area contributed by atoms with Crippen molar-refractivity contribution in [1.29, 1.82) is 0 Å². The van der Waals surface area contributed by atoms with Gasteiger partial charge in [-0.2, -0.15) is 0 Å². The third kappa shape index (κ3) is 3.89. The molecule has 5 aromatic carbocycles. The van der Waals surface area contributed by atoms with Crippen LogP contribution >= 0.6 is 0 Å². The van der Waals surface area contributed by atoms with Crippen LogP contribution in [0.15, 0.2) is 134 Å². The van der Waals surface area contributed by atoms with E-state index in [1.54, 1.807) is 0 Å². The van der Waals surface area contributed by atoms with Crippen LogP contribution in [0.25, 0.3) is 67.0 Å². The van der Waals surface area contributed by atoms with Crippen LogP contribution < -0.4 is 0 Å². The Morgan fingerprint density at radius 1 is 0.368 bits per heavy atom. The van der Waals surface area contributed by atoms with Gasteiger partial charge in [-0.15, -0.1) is 0 Å². The normalized spacial score (nSPS) is 11.2. The fourth-order valence-electron chi connectivity index (χ4n) is 4.98. The number of nitrogens with zero attached hydrogens (tertiary/aromatic N) is 4. The van der Waals surface area contributed by atoms with Gasteiger partial charge >= 0.3 is 0 Å². The van der Waals surface area contributed by atoms with Crippen molar-refractivity contribution in [2.45, 2.75) is 0 Å². The number of aromatic nitrogens is 4. The molecule has 0 spiro atoms. The van der Waals surface area contributed by atoms with E-state index in [2.05, 4.69) is 60.7 Å². The summed E-state index contributed by atoms with van der Waals surface area (Å²) in [4.78, 5) is 19.5. The van der Waals surface area contributed by atoms with E-state index in [0.717, 1.165) is 49.5 Å². The highest BCUT2D eigenvalue weighted by molar-refractivity contribution is 6.08. The Morgan fingerprint density at radius 2 is 0.921 bits per heavy atom. The molecule has 0 aliphatic heterocycles. The fraction of sp³-hybridized carbons (Fsp3) is 0. The van der Waals surface area contributed by atoms with Gasteiger partial charge in [0.1, 0.15) is 0 Å². The number of hydrogen-bond donors (Lipinski definition) is 0. The molecule has 7 rings (SSSR count). The molecule has 178 valence electrons. The number of para-hydroxylation sites is 1. The number of fused-ring (bicyclic) bond motifs is 2. The monoisotopic (exact) mass is 486 g/mol. The number of pyridine rings is 1. The molecule has 4 nitrogen and oxygen atoms in total. The van der Waals surface area contributed by atoms with Crippen LogP contribution in [0.5, 0.6) is 0 Å². The molecule has 4 heteroatoms. The van der Waals surface area contributed by atoms with E-state index in [9.17, 15) is 0 Å². The van der Waals surface area contributed by atoms with E-state index in [-0.39, 0.29) is 0 Å². The molecule has 2 aromatic heterocycles. The van der Waals surface area contributed by atoms with Gasteiger partial charge in [-0.05, 0) is 28.5 Å². The third-order valence-corrected chi connectivity index (χ3v) is 6.79. The van der Waals surface area contributed by atoms with Crippen LogP contribution in [0, 0.1) is 0 Å². The highest BCUT2D eigenvalue weighted by Crippen LogP contribution is 2.37. The first-order chi connectivity index (χ1) is 18.8. The number of hydrogen-bond acceptors (Lipinski definition) is 4. The minimum absolute atomic E-state index is 0.650. The third-order valence-electron chi connectivity index (χ3n) is 6.79. The lowest BCUT2D eigenvalue weighted by Crippen LogP contribution is -2.00. The molecule has 0 aliphatic carbocycles. The standard InChI is InChI=1S/C34H22N4/c1-3-11-24(12-4-1)32-36-33(25-13-5-2-6-14-25)38-34(37-32)30-21-20-28(26-17-7-8-18-27(26)30)29-19-9-15-23-16-10-22-35-31(23)29/h1-22H. The molecule has 0 saturated heterocycles. The van der Waals surface area contributed by atoms with Crippen molar-refractivity contribution >= 4 is 21.7 Å². The highest BCUT2D eigenvalue weighted by Gasteiger charge is 2.16. The summed E-state index contributed by atoms with van der Waals surface area (Å²) in [6, 6.07) is 43.3. The second-order valence-electron chi connectivity index (χ2n) is 9.13. The average molecular weight is 487 g/mol. The van der Waals surface area contributed by atoms with Crippen molar-refractivity contribution in [1.82, 2.24) is 19.9 Å². The minimum atomic E-state index is 0.650. The Balaban J connectivity index is 1.47. The lowest BCUT2D eigenvalue weighted by Gasteiger charge is -2.14. The zero-order chi connectivity index (χ0) is 25.3. The summed E-state index contributed by atoms with van der Waals surface area (Å²) in [5.41, 5.74) is 6.11. The molecule has 0 saturated carbocycles. The maximum absolute atomic E-state index is 4.97. The van der Waals surface area contributed by atoms with Crippen LogP contribution in [0.2, 0.25) is 0 Å². The molecule has 0 unspecified atom stereocenters. The molecule has 0 radical (unpaired) electrons. The van der Waals surface area contributed by atoms with Crippen molar-refractivity contribution in [3.63, 3.8) is 0 Å². The molecule has 0 bridgehead atoms. The summed E-state index contributed by atoms with van der Waals surface area (Å²) in [5.74, 6) is 1.96. The molecule has 0 N–H and O–H groups in total.